The van der Waals surface area contributed by atoms with Crippen LogP contribution in [0.3, 0.4) is 0 Å². The zero-order valence-corrected chi connectivity index (χ0v) is 19.5. The topological polar surface area (TPSA) is 188 Å². The van der Waals surface area contributed by atoms with E-state index in [0.717, 1.165) is 0 Å². The third-order valence-electron chi connectivity index (χ3n) is 4.57. The van der Waals surface area contributed by atoms with Crippen LogP contribution in [-0.2, 0) is 24.0 Å². The standard InChI is InChI=1S/C18H32N4O7S2/c1-4-9(2)14(18(28)29)22-16(26)11(7-13(23)24)20-17(27)12(8-30)21-15(25)10(19)5-6-31-3/h9-12,14,30H,4-8,19H2,1-3H3,(H,20,27)(H,21,25)(H,22,26)(H,23,24)(H,28,29). The zero-order valence-electron chi connectivity index (χ0n) is 17.8. The van der Waals surface area contributed by atoms with Gasteiger partial charge in [-0.05, 0) is 24.3 Å². The lowest BCUT2D eigenvalue weighted by molar-refractivity contribution is -0.144. The van der Waals surface area contributed by atoms with Gasteiger partial charge in [0.1, 0.15) is 18.1 Å². The smallest absolute Gasteiger partial charge is 0.326 e. The van der Waals surface area contributed by atoms with Gasteiger partial charge in [-0.2, -0.15) is 24.4 Å². The SMILES string of the molecule is CCC(C)C(NC(=O)C(CC(=O)O)NC(=O)C(CS)NC(=O)C(N)CCSC)C(=O)O. The second-order valence-corrected chi connectivity index (χ2v) is 8.35. The molecule has 0 bridgehead atoms. The molecule has 0 aromatic heterocycles. The van der Waals surface area contributed by atoms with E-state index in [1.54, 1.807) is 13.8 Å². The molecule has 0 aliphatic heterocycles. The third-order valence-corrected chi connectivity index (χ3v) is 5.58. The summed E-state index contributed by atoms with van der Waals surface area (Å²) in [7, 11) is 0. The molecule has 0 aliphatic rings. The maximum atomic E-state index is 12.5. The lowest BCUT2D eigenvalue weighted by Crippen LogP contribution is -2.58. The quantitative estimate of drug-likeness (QED) is 0.145. The molecule has 0 aliphatic carbocycles. The predicted octanol–water partition coefficient (Wildman–Crippen LogP) is -0.944. The van der Waals surface area contributed by atoms with Crippen molar-refractivity contribution in [2.75, 3.05) is 17.8 Å². The first-order valence-corrected chi connectivity index (χ1v) is 11.7. The molecule has 7 N–H and O–H groups in total. The molecule has 0 fully saturated rings. The fraction of sp³-hybridized carbons (Fsp3) is 0.722. The van der Waals surface area contributed by atoms with E-state index < -0.39 is 66.2 Å². The Morgan fingerprint density at radius 2 is 1.55 bits per heavy atom. The number of hydrogen-bond acceptors (Lipinski definition) is 8. The monoisotopic (exact) mass is 480 g/mol. The van der Waals surface area contributed by atoms with Crippen LogP contribution in [0.25, 0.3) is 0 Å². The Morgan fingerprint density at radius 1 is 1.00 bits per heavy atom. The Bertz CT molecular complexity index is 650. The van der Waals surface area contributed by atoms with E-state index in [4.69, 9.17) is 10.8 Å². The average Bonchev–Trinajstić information content (AvgIpc) is 2.71. The number of carboxylic acids is 2. The molecule has 0 aromatic carbocycles. The summed E-state index contributed by atoms with van der Waals surface area (Å²) in [5, 5.41) is 25.4. The molecule has 0 radical (unpaired) electrons. The highest BCUT2D eigenvalue weighted by molar-refractivity contribution is 7.98. The molecule has 5 unspecified atom stereocenters. The number of aliphatic carboxylic acids is 2. The summed E-state index contributed by atoms with van der Waals surface area (Å²) in [6, 6.07) is -4.79. The highest BCUT2D eigenvalue weighted by Gasteiger charge is 2.32. The molecule has 178 valence electrons. The van der Waals surface area contributed by atoms with Crippen LogP contribution in [0.2, 0.25) is 0 Å². The minimum atomic E-state index is -1.54. The van der Waals surface area contributed by atoms with Crippen molar-refractivity contribution < 1.29 is 34.2 Å². The number of carbonyl (C=O) groups excluding carboxylic acids is 3. The van der Waals surface area contributed by atoms with Crippen molar-refractivity contribution in [1.29, 1.82) is 0 Å². The number of nitrogens with one attached hydrogen (secondary N) is 3. The fourth-order valence-electron chi connectivity index (χ4n) is 2.44. The van der Waals surface area contributed by atoms with E-state index in [1.807, 2.05) is 6.26 Å². The number of thioether (sulfide) groups is 1. The van der Waals surface area contributed by atoms with E-state index in [1.165, 1.54) is 11.8 Å². The molecule has 3 amide bonds. The first kappa shape index (κ1) is 29.0. The largest absolute Gasteiger partial charge is 0.481 e. The Hall–Kier alpha value is -1.99. The summed E-state index contributed by atoms with van der Waals surface area (Å²) >= 11 is 5.53. The number of carbonyl (C=O) groups is 5. The summed E-state index contributed by atoms with van der Waals surface area (Å²) in [6.45, 7) is 3.36. The zero-order chi connectivity index (χ0) is 24.1. The van der Waals surface area contributed by atoms with Gasteiger partial charge in [-0.3, -0.25) is 19.2 Å². The molecular formula is C18H32N4O7S2. The van der Waals surface area contributed by atoms with Gasteiger partial charge in [0.2, 0.25) is 17.7 Å². The first-order valence-electron chi connectivity index (χ1n) is 9.69. The molecule has 13 heteroatoms. The second-order valence-electron chi connectivity index (χ2n) is 7.00. The third kappa shape index (κ3) is 10.7. The molecular weight excluding hydrogens is 448 g/mol. The number of hydrogen-bond donors (Lipinski definition) is 7. The number of amides is 3. The number of nitrogens with two attached hydrogens (primary N) is 1. The molecule has 31 heavy (non-hydrogen) atoms. The summed E-state index contributed by atoms with van der Waals surface area (Å²) in [5.74, 6) is -4.92. The molecule has 0 spiro atoms. The maximum absolute atomic E-state index is 12.5. The van der Waals surface area contributed by atoms with Gasteiger partial charge >= 0.3 is 11.9 Å². The molecule has 5 atom stereocenters. The lowest BCUT2D eigenvalue weighted by Gasteiger charge is -2.25. The van der Waals surface area contributed by atoms with Crippen molar-refractivity contribution in [3.05, 3.63) is 0 Å². The van der Waals surface area contributed by atoms with E-state index in [0.29, 0.717) is 18.6 Å². The molecule has 0 saturated carbocycles. The van der Waals surface area contributed by atoms with Crippen LogP contribution in [0, 0.1) is 5.92 Å². The van der Waals surface area contributed by atoms with Crippen molar-refractivity contribution in [2.45, 2.75) is 57.3 Å². The lowest BCUT2D eigenvalue weighted by atomic mass is 9.98. The summed E-state index contributed by atoms with van der Waals surface area (Å²) < 4.78 is 0. The van der Waals surface area contributed by atoms with Gasteiger partial charge in [-0.15, -0.1) is 0 Å². The highest BCUT2D eigenvalue weighted by atomic mass is 32.2. The Kier molecular flexibility index (Phi) is 14.0. The number of rotatable bonds is 15. The Labute approximate surface area is 191 Å². The van der Waals surface area contributed by atoms with Crippen LogP contribution in [-0.4, -0.2) is 81.8 Å². The van der Waals surface area contributed by atoms with E-state index in [-0.39, 0.29) is 5.75 Å². The predicted molar refractivity (Wildman–Crippen MR) is 120 cm³/mol. The van der Waals surface area contributed by atoms with Crippen LogP contribution >= 0.6 is 24.4 Å². The summed E-state index contributed by atoms with van der Waals surface area (Å²) in [4.78, 5) is 59.8. The van der Waals surface area contributed by atoms with Gasteiger partial charge in [0, 0.05) is 5.75 Å². The molecule has 0 rings (SSSR count). The van der Waals surface area contributed by atoms with Crippen molar-refractivity contribution in [3.8, 4) is 0 Å². The van der Waals surface area contributed by atoms with Crippen molar-refractivity contribution in [1.82, 2.24) is 16.0 Å². The van der Waals surface area contributed by atoms with Gasteiger partial charge < -0.3 is 31.9 Å². The van der Waals surface area contributed by atoms with Gasteiger partial charge in [-0.25, -0.2) is 4.79 Å². The minimum absolute atomic E-state index is 0.126. The summed E-state index contributed by atoms with van der Waals surface area (Å²) in [5.41, 5.74) is 5.77. The summed E-state index contributed by atoms with van der Waals surface area (Å²) in [6.07, 6.45) is 1.94. The molecule has 0 heterocycles. The normalized spacial score (nSPS) is 15.6. The van der Waals surface area contributed by atoms with E-state index in [9.17, 15) is 29.1 Å². The maximum Gasteiger partial charge on any atom is 0.326 e. The van der Waals surface area contributed by atoms with Crippen molar-refractivity contribution in [3.63, 3.8) is 0 Å². The Morgan fingerprint density at radius 3 is 2.00 bits per heavy atom. The minimum Gasteiger partial charge on any atom is -0.481 e. The van der Waals surface area contributed by atoms with E-state index in [2.05, 4.69) is 28.6 Å². The fourth-order valence-corrected chi connectivity index (χ4v) is 3.19. The average molecular weight is 481 g/mol. The van der Waals surface area contributed by atoms with Crippen molar-refractivity contribution >= 4 is 54.1 Å². The van der Waals surface area contributed by atoms with Crippen LogP contribution in [0.1, 0.15) is 33.1 Å². The van der Waals surface area contributed by atoms with Gasteiger partial charge in [0.25, 0.3) is 0 Å². The molecule has 0 aromatic rings. The van der Waals surface area contributed by atoms with E-state index >= 15 is 0 Å². The Balaban J connectivity index is 5.28. The van der Waals surface area contributed by atoms with Crippen LogP contribution in [0.15, 0.2) is 0 Å². The van der Waals surface area contributed by atoms with Crippen LogP contribution in [0.5, 0.6) is 0 Å². The van der Waals surface area contributed by atoms with Crippen molar-refractivity contribution in [2.24, 2.45) is 11.7 Å². The second kappa shape index (κ2) is 14.9. The number of thiol groups is 1. The molecule has 0 saturated heterocycles. The van der Waals surface area contributed by atoms with Crippen LogP contribution in [0.4, 0.5) is 0 Å². The van der Waals surface area contributed by atoms with Crippen LogP contribution < -0.4 is 21.7 Å². The first-order chi connectivity index (χ1) is 14.5. The van der Waals surface area contributed by atoms with Gasteiger partial charge in [0.05, 0.1) is 12.5 Å². The highest BCUT2D eigenvalue weighted by Crippen LogP contribution is 2.09. The number of carboxylic acid groups (broad SMARTS) is 2. The van der Waals surface area contributed by atoms with Gasteiger partial charge in [-0.1, -0.05) is 20.3 Å². The van der Waals surface area contributed by atoms with Gasteiger partial charge in [0.15, 0.2) is 0 Å². The molecule has 11 nitrogen and oxygen atoms in total.